The first-order chi connectivity index (χ1) is 12.2. The molecule has 4 N–H and O–H groups in total. The average Bonchev–Trinajstić information content (AvgIpc) is 2.57. The molecule has 1 atom stereocenters. The van der Waals surface area contributed by atoms with Crippen molar-refractivity contribution in [1.82, 2.24) is 20.3 Å². The second-order valence-electron chi connectivity index (χ2n) is 7.42. The summed E-state index contributed by atoms with van der Waals surface area (Å²) in [4.78, 5) is 24.7. The van der Waals surface area contributed by atoms with Crippen LogP contribution in [0, 0.1) is 0 Å². The molecule has 2 heterocycles. The molecular weight excluding hydrogens is 328 g/mol. The van der Waals surface area contributed by atoms with Crippen molar-refractivity contribution < 1.29 is 4.79 Å². The van der Waals surface area contributed by atoms with Crippen LogP contribution < -0.4 is 16.4 Å². The van der Waals surface area contributed by atoms with Crippen LogP contribution in [0.15, 0.2) is 12.3 Å². The van der Waals surface area contributed by atoms with Gasteiger partial charge in [0.1, 0.15) is 5.52 Å². The minimum absolute atomic E-state index is 0.0544. The van der Waals surface area contributed by atoms with Crippen molar-refractivity contribution in [2.45, 2.75) is 65.3 Å². The summed E-state index contributed by atoms with van der Waals surface area (Å²) < 4.78 is 0. The number of nitrogens with one attached hydrogen (secondary N) is 2. The lowest BCUT2D eigenvalue weighted by Crippen LogP contribution is -2.46. The topological polar surface area (TPSA) is 106 Å². The van der Waals surface area contributed by atoms with Crippen LogP contribution >= 0.6 is 0 Å². The van der Waals surface area contributed by atoms with Crippen LogP contribution in [0.1, 0.15) is 65.4 Å². The molecule has 0 radical (unpaired) electrons. The fraction of sp³-hybridized carbons (Fsp3) is 0.579. The second kappa shape index (κ2) is 8.29. The normalized spacial score (nSPS) is 13.6. The number of amides is 1. The molecule has 0 saturated carbocycles. The molecule has 1 amide bonds. The Hall–Kier alpha value is -2.44. The van der Waals surface area contributed by atoms with Gasteiger partial charge in [0.15, 0.2) is 5.82 Å². The minimum Gasteiger partial charge on any atom is -0.368 e. The molecule has 7 nitrogen and oxygen atoms in total. The van der Waals surface area contributed by atoms with E-state index in [0.29, 0.717) is 23.8 Å². The maximum absolute atomic E-state index is 11.4. The summed E-state index contributed by atoms with van der Waals surface area (Å²) in [7, 11) is 0. The predicted molar refractivity (Wildman–Crippen MR) is 106 cm³/mol. The van der Waals surface area contributed by atoms with E-state index in [0.717, 1.165) is 30.3 Å². The second-order valence-corrected chi connectivity index (χ2v) is 7.42. The van der Waals surface area contributed by atoms with Crippen LogP contribution in [0.5, 0.6) is 0 Å². The van der Waals surface area contributed by atoms with E-state index < -0.39 is 0 Å². The van der Waals surface area contributed by atoms with Crippen molar-refractivity contribution in [1.29, 1.82) is 0 Å². The van der Waals surface area contributed by atoms with E-state index in [4.69, 9.17) is 5.73 Å². The molecule has 0 aromatic carbocycles. The molecule has 0 aliphatic heterocycles. The summed E-state index contributed by atoms with van der Waals surface area (Å²) in [6.07, 6.45) is 4.85. The maximum atomic E-state index is 11.4. The lowest BCUT2D eigenvalue weighted by atomic mass is 9.94. The molecule has 0 aliphatic rings. The van der Waals surface area contributed by atoms with Crippen molar-refractivity contribution >= 4 is 28.7 Å². The van der Waals surface area contributed by atoms with E-state index >= 15 is 0 Å². The molecular formula is C19H30N6O. The first kappa shape index (κ1) is 19.9. The number of hydrogen-bond acceptors (Lipinski definition) is 6. The van der Waals surface area contributed by atoms with Gasteiger partial charge in [0, 0.05) is 19.7 Å². The average molecular weight is 358 g/mol. The van der Waals surface area contributed by atoms with Crippen molar-refractivity contribution in [3.05, 3.63) is 17.8 Å². The molecule has 0 saturated heterocycles. The van der Waals surface area contributed by atoms with Gasteiger partial charge < -0.3 is 16.4 Å². The minimum atomic E-state index is -0.353. The largest absolute Gasteiger partial charge is 0.368 e. The smallest absolute Gasteiger partial charge is 0.222 e. The van der Waals surface area contributed by atoms with E-state index in [1.807, 2.05) is 12.3 Å². The van der Waals surface area contributed by atoms with Crippen LogP contribution in [0.2, 0.25) is 0 Å². The fourth-order valence-electron chi connectivity index (χ4n) is 2.82. The number of nitrogens with zero attached hydrogens (tertiary/aromatic N) is 3. The van der Waals surface area contributed by atoms with Gasteiger partial charge in [0.2, 0.25) is 11.9 Å². The Bertz CT molecular complexity index is 776. The molecule has 0 spiro atoms. The summed E-state index contributed by atoms with van der Waals surface area (Å²) in [5.74, 6) is 1.11. The SMILES string of the molecule is CCCCC(C)(CNC(C)=O)Nc1nc(N)nc2cc(C(C)C)cnc12. The summed E-state index contributed by atoms with van der Waals surface area (Å²) in [5.41, 5.74) is 8.10. The number of unbranched alkanes of at least 4 members (excludes halogenated alkanes) is 1. The van der Waals surface area contributed by atoms with Crippen molar-refractivity contribution in [2.24, 2.45) is 0 Å². The number of carbonyl (C=O) groups is 1. The molecule has 2 rings (SSSR count). The number of pyridine rings is 1. The molecule has 1 unspecified atom stereocenters. The highest BCUT2D eigenvalue weighted by molar-refractivity contribution is 5.86. The van der Waals surface area contributed by atoms with Crippen LogP contribution in [0.3, 0.4) is 0 Å². The Morgan fingerprint density at radius 1 is 1.35 bits per heavy atom. The number of carbonyl (C=O) groups excluding carboxylic acids is 1. The lowest BCUT2D eigenvalue weighted by molar-refractivity contribution is -0.119. The van der Waals surface area contributed by atoms with E-state index in [1.165, 1.54) is 6.92 Å². The third kappa shape index (κ3) is 5.03. The Balaban J connectivity index is 2.40. The molecule has 2 aromatic heterocycles. The molecule has 0 bridgehead atoms. The molecule has 142 valence electrons. The molecule has 7 heteroatoms. The summed E-state index contributed by atoms with van der Waals surface area (Å²) in [5, 5.41) is 6.38. The highest BCUT2D eigenvalue weighted by atomic mass is 16.1. The van der Waals surface area contributed by atoms with Gasteiger partial charge in [0.05, 0.1) is 11.1 Å². The van der Waals surface area contributed by atoms with Gasteiger partial charge in [-0.3, -0.25) is 9.78 Å². The zero-order valence-corrected chi connectivity index (χ0v) is 16.4. The Labute approximate surface area is 155 Å². The Morgan fingerprint density at radius 3 is 2.69 bits per heavy atom. The van der Waals surface area contributed by atoms with Crippen molar-refractivity contribution in [3.63, 3.8) is 0 Å². The number of fused-ring (bicyclic) bond motifs is 1. The fourth-order valence-corrected chi connectivity index (χ4v) is 2.82. The number of nitrogens with two attached hydrogens (primary N) is 1. The van der Waals surface area contributed by atoms with E-state index in [9.17, 15) is 4.79 Å². The number of hydrogen-bond donors (Lipinski definition) is 3. The van der Waals surface area contributed by atoms with Crippen LogP contribution in [-0.4, -0.2) is 32.9 Å². The summed E-state index contributed by atoms with van der Waals surface area (Å²) in [6.45, 7) is 10.5. The van der Waals surface area contributed by atoms with E-state index in [1.54, 1.807) is 0 Å². The first-order valence-electron chi connectivity index (χ1n) is 9.20. The van der Waals surface area contributed by atoms with Crippen LogP contribution in [-0.2, 0) is 4.79 Å². The van der Waals surface area contributed by atoms with E-state index in [-0.39, 0.29) is 17.4 Å². The highest BCUT2D eigenvalue weighted by Crippen LogP contribution is 2.27. The standard InChI is InChI=1S/C19H30N6O/c1-6-7-8-19(5,11-22-13(4)26)25-17-16-15(23-18(20)24-17)9-14(10-21-16)12(2)3/h9-10,12H,6-8,11H2,1-5H3,(H,22,26)(H3,20,23,24,25). The van der Waals surface area contributed by atoms with Crippen molar-refractivity contribution in [2.75, 3.05) is 17.6 Å². The third-order valence-electron chi connectivity index (χ3n) is 4.47. The van der Waals surface area contributed by atoms with E-state index in [2.05, 4.69) is 53.3 Å². The van der Waals surface area contributed by atoms with Crippen LogP contribution in [0.25, 0.3) is 11.0 Å². The van der Waals surface area contributed by atoms with Crippen molar-refractivity contribution in [3.8, 4) is 0 Å². The summed E-state index contributed by atoms with van der Waals surface area (Å²) in [6, 6.07) is 2.01. The number of nitrogen functional groups attached to an aromatic ring is 1. The molecule has 0 fully saturated rings. The zero-order chi connectivity index (χ0) is 19.3. The number of rotatable bonds is 8. The van der Waals surface area contributed by atoms with Gasteiger partial charge in [-0.15, -0.1) is 0 Å². The molecule has 0 aliphatic carbocycles. The summed E-state index contributed by atoms with van der Waals surface area (Å²) >= 11 is 0. The van der Waals surface area contributed by atoms with Gasteiger partial charge in [0.25, 0.3) is 0 Å². The van der Waals surface area contributed by atoms with Gasteiger partial charge in [-0.05, 0) is 30.9 Å². The number of anilines is 2. The lowest BCUT2D eigenvalue weighted by Gasteiger charge is -2.32. The Kier molecular flexibility index (Phi) is 6.34. The van der Waals surface area contributed by atoms with Gasteiger partial charge in [-0.25, -0.2) is 4.98 Å². The number of aromatic nitrogens is 3. The molecule has 26 heavy (non-hydrogen) atoms. The van der Waals surface area contributed by atoms with Gasteiger partial charge in [-0.1, -0.05) is 33.6 Å². The molecule has 2 aromatic rings. The van der Waals surface area contributed by atoms with Crippen LogP contribution in [0.4, 0.5) is 11.8 Å². The van der Waals surface area contributed by atoms with Gasteiger partial charge in [-0.2, -0.15) is 4.98 Å². The third-order valence-corrected chi connectivity index (χ3v) is 4.47. The van der Waals surface area contributed by atoms with Gasteiger partial charge >= 0.3 is 0 Å². The Morgan fingerprint density at radius 2 is 2.08 bits per heavy atom. The first-order valence-corrected chi connectivity index (χ1v) is 9.20. The predicted octanol–water partition coefficient (Wildman–Crippen LogP) is 3.23. The monoisotopic (exact) mass is 358 g/mol. The quantitative estimate of drug-likeness (QED) is 0.669. The highest BCUT2D eigenvalue weighted by Gasteiger charge is 2.26. The maximum Gasteiger partial charge on any atom is 0.222 e. The zero-order valence-electron chi connectivity index (χ0n) is 16.4.